The van der Waals surface area contributed by atoms with Gasteiger partial charge in [-0.15, -0.1) is 0 Å². The first kappa shape index (κ1) is 24.5. The fraction of sp³-hybridized carbons (Fsp3) is 0.296. The zero-order valence-electron chi connectivity index (χ0n) is 18.5. The van der Waals surface area contributed by atoms with Crippen LogP contribution in [-0.2, 0) is 9.53 Å². The molecule has 170 valence electrons. The molecule has 2 N–H and O–H groups in total. The van der Waals surface area contributed by atoms with Gasteiger partial charge in [0, 0.05) is 0 Å². The average Bonchev–Trinajstić information content (AvgIpc) is 2.87. The topological polar surface area (TPSA) is 52.3 Å². The Morgan fingerprint density at radius 3 is 1.62 bits per heavy atom. The van der Waals surface area contributed by atoms with Crippen LogP contribution in [0.3, 0.4) is 0 Å². The van der Waals surface area contributed by atoms with Crippen LogP contribution < -0.4 is 21.6 Å². The van der Waals surface area contributed by atoms with E-state index in [0.717, 1.165) is 31.8 Å². The molecule has 0 bridgehead atoms. The second-order valence-electron chi connectivity index (χ2n) is 8.12. The number of carbonyl (C=O) groups excluding carboxylic acids is 1. The number of esters is 1. The first-order chi connectivity index (χ1) is 15.7. The Hall–Kier alpha value is -2.13. The van der Waals surface area contributed by atoms with Crippen LogP contribution in [-0.4, -0.2) is 30.5 Å². The maximum atomic E-state index is 11.7. The predicted molar refractivity (Wildman–Crippen MR) is 143 cm³/mol. The van der Waals surface area contributed by atoms with Crippen LogP contribution in [0.2, 0.25) is 0 Å². The number of hydrogen-bond donors (Lipinski definition) is 2. The molecule has 0 aliphatic rings. The number of carbonyl (C=O) groups is 1. The van der Waals surface area contributed by atoms with E-state index in [9.17, 15) is 4.79 Å². The van der Waals surface area contributed by atoms with E-state index in [1.54, 1.807) is 0 Å². The summed E-state index contributed by atoms with van der Waals surface area (Å²) in [5.41, 5.74) is 5.65. The summed E-state index contributed by atoms with van der Waals surface area (Å²) in [5.74, 6) is -0.0482. The number of unbranched alkanes of at least 4 members (excludes halogenated alkanes) is 3. The molecule has 3 aromatic rings. The zero-order valence-corrected chi connectivity index (χ0v) is 20.4. The molecule has 0 amide bonds. The molecule has 0 aliphatic carbocycles. The number of rotatable bonds is 12. The van der Waals surface area contributed by atoms with Gasteiger partial charge in [-0.25, -0.2) is 0 Å². The van der Waals surface area contributed by atoms with Crippen molar-refractivity contribution in [1.82, 2.24) is 0 Å². The van der Waals surface area contributed by atoms with Crippen molar-refractivity contribution in [2.24, 2.45) is 5.73 Å². The summed E-state index contributed by atoms with van der Waals surface area (Å²) in [7, 11) is -2.14. The van der Waals surface area contributed by atoms with E-state index in [1.165, 1.54) is 15.9 Å². The predicted octanol–water partition coefficient (Wildman–Crippen LogP) is 4.07. The Labute approximate surface area is 198 Å². The molecule has 3 rings (SSSR count). The van der Waals surface area contributed by atoms with Crippen molar-refractivity contribution in [2.45, 2.75) is 31.7 Å². The molecule has 0 aliphatic heterocycles. The van der Waals surface area contributed by atoms with Crippen LogP contribution in [0.15, 0.2) is 91.0 Å². The van der Waals surface area contributed by atoms with Gasteiger partial charge < -0.3 is 0 Å². The second-order valence-corrected chi connectivity index (χ2v) is 12.5. The van der Waals surface area contributed by atoms with Gasteiger partial charge in [0.05, 0.1) is 0 Å². The molecule has 5 heteroatoms. The van der Waals surface area contributed by atoms with Gasteiger partial charge in [0.15, 0.2) is 0 Å². The Kier molecular flexibility index (Phi) is 9.80. The molecule has 0 fully saturated rings. The molecule has 32 heavy (non-hydrogen) atoms. The summed E-state index contributed by atoms with van der Waals surface area (Å²) in [4.78, 5) is 11.7. The van der Waals surface area contributed by atoms with E-state index in [0.29, 0.717) is 12.4 Å². The van der Waals surface area contributed by atoms with Crippen LogP contribution in [0.25, 0.3) is 0 Å². The quantitative estimate of drug-likeness (QED) is 0.183. The minimum atomic E-state index is -2.14. The summed E-state index contributed by atoms with van der Waals surface area (Å²) in [6.07, 6.45) is 5.29. The van der Waals surface area contributed by atoms with Crippen molar-refractivity contribution >= 4 is 41.8 Å². The third-order valence-electron chi connectivity index (χ3n) is 5.99. The van der Waals surface area contributed by atoms with E-state index < -0.39 is 13.3 Å². The fourth-order valence-electron chi connectivity index (χ4n) is 4.30. The molecule has 3 nitrogen and oxygen atoms in total. The van der Waals surface area contributed by atoms with Crippen molar-refractivity contribution in [2.75, 3.05) is 18.5 Å². The van der Waals surface area contributed by atoms with Gasteiger partial charge in [0.1, 0.15) is 0 Å². The van der Waals surface area contributed by atoms with Gasteiger partial charge in [0.2, 0.25) is 0 Å². The number of benzene rings is 3. The fourth-order valence-corrected chi connectivity index (χ4v) is 9.38. The van der Waals surface area contributed by atoms with Gasteiger partial charge in [-0.3, -0.25) is 0 Å². The Morgan fingerprint density at radius 2 is 1.19 bits per heavy atom. The van der Waals surface area contributed by atoms with Gasteiger partial charge in [-0.1, -0.05) is 0 Å². The summed E-state index contributed by atoms with van der Waals surface area (Å²) >= 11 is 4.04. The first-order valence-electron chi connectivity index (χ1n) is 11.4. The Morgan fingerprint density at radius 1 is 0.750 bits per heavy atom. The second kappa shape index (κ2) is 12.8. The van der Waals surface area contributed by atoms with Crippen LogP contribution in [0.5, 0.6) is 0 Å². The molecule has 0 saturated heterocycles. The zero-order chi connectivity index (χ0) is 22.7. The van der Waals surface area contributed by atoms with E-state index in [4.69, 9.17) is 10.5 Å². The van der Waals surface area contributed by atoms with Crippen LogP contribution >= 0.6 is 19.9 Å². The molecular formula is C27H34NO2PS. The molecule has 1 atom stereocenters. The summed E-state index contributed by atoms with van der Waals surface area (Å²) in [6, 6.07) is 32.4. The van der Waals surface area contributed by atoms with Crippen LogP contribution in [0, 0.1) is 0 Å². The standard InChI is InChI=1S/C27H34NO2PS/c28-26(22-32)27(29)30-20-12-1-2-13-21-31(23-14-6-3-7-15-23,24-16-8-4-9-17-24)25-18-10-5-11-19-25/h3-11,14-19,26,31-32H,1-2,12-13,20-22,28H2/t26-/m1/s1. The van der Waals surface area contributed by atoms with Crippen molar-refractivity contribution in [1.29, 1.82) is 0 Å². The van der Waals surface area contributed by atoms with Gasteiger partial charge in [-0.05, 0) is 0 Å². The van der Waals surface area contributed by atoms with E-state index in [2.05, 4.69) is 104 Å². The Balaban J connectivity index is 1.72. The molecule has 0 spiro atoms. The van der Waals surface area contributed by atoms with E-state index in [-0.39, 0.29) is 5.97 Å². The van der Waals surface area contributed by atoms with Gasteiger partial charge in [0.25, 0.3) is 0 Å². The molecular weight excluding hydrogens is 433 g/mol. The summed E-state index contributed by atoms with van der Waals surface area (Å²) < 4.78 is 5.25. The van der Waals surface area contributed by atoms with Crippen LogP contribution in [0.1, 0.15) is 25.7 Å². The molecule has 0 radical (unpaired) electrons. The molecule has 3 aromatic carbocycles. The third kappa shape index (κ3) is 6.22. The minimum absolute atomic E-state index is 0.310. The SMILES string of the molecule is N[C@H](CS)C(=O)OCCCCCC[PH](c1ccccc1)(c1ccccc1)c1ccccc1. The molecule has 0 aromatic heterocycles. The summed E-state index contributed by atoms with van der Waals surface area (Å²) in [5, 5.41) is 4.35. The van der Waals surface area contributed by atoms with Gasteiger partial charge in [-0.2, -0.15) is 0 Å². The number of ether oxygens (including phenoxy) is 1. The van der Waals surface area contributed by atoms with Crippen molar-refractivity contribution < 1.29 is 9.53 Å². The number of thiol groups is 1. The monoisotopic (exact) mass is 467 g/mol. The van der Waals surface area contributed by atoms with Gasteiger partial charge >= 0.3 is 198 Å². The molecule has 0 heterocycles. The average molecular weight is 468 g/mol. The number of nitrogens with two attached hydrogens (primary N) is 1. The molecule has 0 unspecified atom stereocenters. The van der Waals surface area contributed by atoms with Crippen molar-refractivity contribution in [3.63, 3.8) is 0 Å². The molecule has 0 saturated carbocycles. The van der Waals surface area contributed by atoms with Crippen molar-refractivity contribution in [3.05, 3.63) is 91.0 Å². The maximum absolute atomic E-state index is 11.7. The summed E-state index contributed by atoms with van der Waals surface area (Å²) in [6.45, 7) is 0.430. The first-order valence-corrected chi connectivity index (χ1v) is 14.2. The van der Waals surface area contributed by atoms with E-state index >= 15 is 0 Å². The Bertz CT molecular complexity index is 841. The third-order valence-corrected chi connectivity index (χ3v) is 11.4. The normalized spacial score (nSPS) is 12.8. The van der Waals surface area contributed by atoms with Crippen molar-refractivity contribution in [3.8, 4) is 0 Å². The van der Waals surface area contributed by atoms with Crippen LogP contribution in [0.4, 0.5) is 0 Å². The number of hydrogen-bond acceptors (Lipinski definition) is 4. The van der Waals surface area contributed by atoms with E-state index in [1.807, 2.05) is 0 Å².